The second kappa shape index (κ2) is 14.4. The van der Waals surface area contributed by atoms with Crippen LogP contribution >= 0.6 is 0 Å². The number of aromatic hydroxyl groups is 1. The number of amides is 3. The first kappa shape index (κ1) is 30.7. The number of nitrogens with two attached hydrogens (primary N) is 1. The van der Waals surface area contributed by atoms with E-state index in [1.165, 1.54) is 43.7 Å². The van der Waals surface area contributed by atoms with Gasteiger partial charge in [0.15, 0.2) is 0 Å². The van der Waals surface area contributed by atoms with E-state index >= 15 is 0 Å². The number of carboxylic acid groups (broad SMARTS) is 2. The number of hydrogen-bond acceptors (Lipinski definition) is 9. The molecule has 0 spiro atoms. The number of phenolic OH excluding ortho intramolecular Hbond substituents is 1. The topological polar surface area (TPSA) is 257 Å². The maximum atomic E-state index is 13.2. The minimum Gasteiger partial charge on any atom is -0.508 e. The van der Waals surface area contributed by atoms with E-state index in [0.29, 0.717) is 11.3 Å². The van der Waals surface area contributed by atoms with E-state index in [2.05, 4.69) is 25.9 Å². The number of nitrogens with zero attached hydrogens (tertiary/aromatic N) is 1. The number of benzene rings is 1. The number of aliphatic carboxylic acids is 2. The predicted octanol–water partition coefficient (Wildman–Crippen LogP) is -1.99. The minimum atomic E-state index is -1.64. The molecule has 0 radical (unpaired) electrons. The van der Waals surface area contributed by atoms with Gasteiger partial charge >= 0.3 is 11.9 Å². The van der Waals surface area contributed by atoms with Gasteiger partial charge in [-0.05, 0) is 31.0 Å². The number of H-pyrrole nitrogens is 1. The molecule has 1 heterocycles. The highest BCUT2D eigenvalue weighted by atomic mass is 16.4. The minimum absolute atomic E-state index is 0.0212. The van der Waals surface area contributed by atoms with Gasteiger partial charge in [0, 0.05) is 31.2 Å². The lowest BCUT2D eigenvalue weighted by molar-refractivity contribution is -0.144. The molecule has 10 N–H and O–H groups in total. The molecule has 39 heavy (non-hydrogen) atoms. The lowest BCUT2D eigenvalue weighted by Gasteiger charge is -2.26. The number of phenols is 1. The van der Waals surface area contributed by atoms with E-state index in [9.17, 15) is 39.3 Å². The van der Waals surface area contributed by atoms with Gasteiger partial charge in [0.2, 0.25) is 17.7 Å². The highest BCUT2D eigenvalue weighted by molar-refractivity contribution is 5.94. The van der Waals surface area contributed by atoms with Crippen LogP contribution in [0.5, 0.6) is 5.75 Å². The first-order valence-corrected chi connectivity index (χ1v) is 11.9. The Bertz CT molecular complexity index is 1140. The number of imidazole rings is 1. The quantitative estimate of drug-likeness (QED) is 0.118. The standard InChI is InChI=1S/C24H32N6O9/c1-12(31)20(23(37)28-17(24(38)39)6-7-19(33)34)30-22(36)18(8-13-2-4-15(32)5-3-13)29-21(35)16(25)9-14-10-26-11-27-14/h2-5,10-12,16-18,20,31-32H,6-9,25H2,1H3,(H,26,27)(H,28,37)(H,29,35)(H,30,36)(H,33,34)(H,38,39). The molecule has 2 aromatic rings. The van der Waals surface area contributed by atoms with Crippen LogP contribution in [0.2, 0.25) is 0 Å². The molecule has 15 nitrogen and oxygen atoms in total. The first-order chi connectivity index (χ1) is 18.4. The van der Waals surface area contributed by atoms with Gasteiger partial charge in [0.25, 0.3) is 0 Å². The number of aliphatic hydroxyl groups is 1. The summed E-state index contributed by atoms with van der Waals surface area (Å²) in [6.07, 6.45) is 0.451. The smallest absolute Gasteiger partial charge is 0.326 e. The van der Waals surface area contributed by atoms with Crippen LogP contribution < -0.4 is 21.7 Å². The highest BCUT2D eigenvalue weighted by Gasteiger charge is 2.33. The Morgan fingerprint density at radius 3 is 2.13 bits per heavy atom. The molecule has 1 aromatic heterocycles. The van der Waals surface area contributed by atoms with Crippen molar-refractivity contribution in [3.05, 3.63) is 48.0 Å². The number of carbonyl (C=O) groups excluding carboxylic acids is 3. The summed E-state index contributed by atoms with van der Waals surface area (Å²) < 4.78 is 0. The van der Waals surface area contributed by atoms with Crippen LogP contribution in [-0.4, -0.2) is 90.3 Å². The average molecular weight is 549 g/mol. The van der Waals surface area contributed by atoms with E-state index in [1.54, 1.807) is 0 Å². The SMILES string of the molecule is CC(O)C(NC(=O)C(Cc1ccc(O)cc1)NC(=O)C(N)Cc1cnc[nH]1)C(=O)NC(CCC(=O)O)C(=O)O. The van der Waals surface area contributed by atoms with Crippen LogP contribution in [0.3, 0.4) is 0 Å². The van der Waals surface area contributed by atoms with Gasteiger partial charge in [-0.1, -0.05) is 12.1 Å². The fourth-order valence-corrected chi connectivity index (χ4v) is 3.53. The third-order valence-corrected chi connectivity index (χ3v) is 5.66. The second-order valence-electron chi connectivity index (χ2n) is 8.88. The number of aromatic amines is 1. The van der Waals surface area contributed by atoms with Crippen molar-refractivity contribution in [2.24, 2.45) is 5.73 Å². The zero-order valence-electron chi connectivity index (χ0n) is 21.0. The van der Waals surface area contributed by atoms with Gasteiger partial charge in [0.05, 0.1) is 18.5 Å². The van der Waals surface area contributed by atoms with Crippen LogP contribution in [0.1, 0.15) is 31.0 Å². The molecule has 0 aliphatic carbocycles. The lowest BCUT2D eigenvalue weighted by atomic mass is 10.0. The number of carbonyl (C=O) groups is 5. The van der Waals surface area contributed by atoms with E-state index in [-0.39, 0.29) is 18.6 Å². The Hall–Kier alpha value is -4.50. The van der Waals surface area contributed by atoms with Gasteiger partial charge < -0.3 is 47.1 Å². The van der Waals surface area contributed by atoms with Crippen molar-refractivity contribution in [2.45, 2.75) is 62.9 Å². The van der Waals surface area contributed by atoms with Crippen molar-refractivity contribution in [3.8, 4) is 5.75 Å². The van der Waals surface area contributed by atoms with Crippen molar-refractivity contribution in [3.63, 3.8) is 0 Å². The third kappa shape index (κ3) is 10.1. The number of aliphatic hydroxyl groups excluding tert-OH is 1. The second-order valence-corrected chi connectivity index (χ2v) is 8.88. The van der Waals surface area contributed by atoms with Crippen LogP contribution in [0.4, 0.5) is 0 Å². The monoisotopic (exact) mass is 548 g/mol. The fraction of sp³-hybridized carbons (Fsp3) is 0.417. The van der Waals surface area contributed by atoms with E-state index < -0.39 is 72.8 Å². The summed E-state index contributed by atoms with van der Waals surface area (Å²) in [5.74, 6) is -5.43. The summed E-state index contributed by atoms with van der Waals surface area (Å²) in [5, 5.41) is 44.8. The summed E-state index contributed by atoms with van der Waals surface area (Å²) in [4.78, 5) is 67.7. The molecule has 212 valence electrons. The molecule has 5 unspecified atom stereocenters. The predicted molar refractivity (Wildman–Crippen MR) is 134 cm³/mol. The number of hydrogen-bond donors (Lipinski definition) is 9. The molecule has 5 atom stereocenters. The molecule has 0 fully saturated rings. The van der Waals surface area contributed by atoms with Crippen molar-refractivity contribution < 1.29 is 44.4 Å². The lowest BCUT2D eigenvalue weighted by Crippen LogP contribution is -2.60. The number of rotatable bonds is 15. The Morgan fingerprint density at radius 1 is 0.949 bits per heavy atom. The summed E-state index contributed by atoms with van der Waals surface area (Å²) in [5.41, 5.74) is 7.09. The molecule has 2 rings (SSSR count). The van der Waals surface area contributed by atoms with Crippen LogP contribution in [0.25, 0.3) is 0 Å². The molecular weight excluding hydrogens is 516 g/mol. The summed E-state index contributed by atoms with van der Waals surface area (Å²) >= 11 is 0. The van der Waals surface area contributed by atoms with Gasteiger partial charge in [-0.2, -0.15) is 0 Å². The average Bonchev–Trinajstić information content (AvgIpc) is 3.38. The summed E-state index contributed by atoms with van der Waals surface area (Å²) in [7, 11) is 0. The molecule has 3 amide bonds. The molecule has 0 saturated heterocycles. The normalized spacial score (nSPS) is 14.7. The van der Waals surface area contributed by atoms with Crippen molar-refractivity contribution in [1.82, 2.24) is 25.9 Å². The van der Waals surface area contributed by atoms with E-state index in [1.807, 2.05) is 0 Å². The Balaban J connectivity index is 2.19. The Kier molecular flexibility index (Phi) is 11.4. The summed E-state index contributed by atoms with van der Waals surface area (Å²) in [6.45, 7) is 1.19. The first-order valence-electron chi connectivity index (χ1n) is 11.9. The Labute approximate surface area is 222 Å². The van der Waals surface area contributed by atoms with Crippen molar-refractivity contribution >= 4 is 29.7 Å². The maximum Gasteiger partial charge on any atom is 0.326 e. The van der Waals surface area contributed by atoms with Gasteiger partial charge in [-0.3, -0.25) is 19.2 Å². The van der Waals surface area contributed by atoms with Crippen molar-refractivity contribution in [2.75, 3.05) is 0 Å². The van der Waals surface area contributed by atoms with Crippen molar-refractivity contribution in [1.29, 1.82) is 0 Å². The Morgan fingerprint density at radius 2 is 1.59 bits per heavy atom. The maximum absolute atomic E-state index is 13.2. The fourth-order valence-electron chi connectivity index (χ4n) is 3.53. The van der Waals surface area contributed by atoms with Gasteiger partial charge in [-0.25, -0.2) is 9.78 Å². The van der Waals surface area contributed by atoms with E-state index in [4.69, 9.17) is 10.8 Å². The zero-order chi connectivity index (χ0) is 29.1. The van der Waals surface area contributed by atoms with E-state index in [0.717, 1.165) is 0 Å². The number of nitrogens with one attached hydrogen (secondary N) is 4. The number of carboxylic acids is 2. The third-order valence-electron chi connectivity index (χ3n) is 5.66. The highest BCUT2D eigenvalue weighted by Crippen LogP contribution is 2.12. The summed E-state index contributed by atoms with van der Waals surface area (Å²) in [6, 6.07) is 0.224. The number of aromatic nitrogens is 2. The largest absolute Gasteiger partial charge is 0.508 e. The molecule has 0 saturated carbocycles. The molecule has 15 heteroatoms. The molecular formula is C24H32N6O9. The van der Waals surface area contributed by atoms with Crippen LogP contribution in [0.15, 0.2) is 36.8 Å². The zero-order valence-corrected chi connectivity index (χ0v) is 21.0. The van der Waals surface area contributed by atoms with Crippen LogP contribution in [-0.2, 0) is 36.8 Å². The van der Waals surface area contributed by atoms with Crippen LogP contribution in [0, 0.1) is 0 Å². The van der Waals surface area contributed by atoms with Gasteiger partial charge in [-0.15, -0.1) is 0 Å². The molecule has 0 aliphatic rings. The molecule has 1 aromatic carbocycles. The molecule has 0 aliphatic heterocycles. The molecule has 0 bridgehead atoms. The van der Waals surface area contributed by atoms with Gasteiger partial charge in [0.1, 0.15) is 23.9 Å².